The lowest BCUT2D eigenvalue weighted by Crippen LogP contribution is -2.55. The van der Waals surface area contributed by atoms with Crippen LogP contribution < -0.4 is 10.6 Å². The van der Waals surface area contributed by atoms with E-state index in [1.807, 2.05) is 13.8 Å². The van der Waals surface area contributed by atoms with Gasteiger partial charge in [-0.25, -0.2) is 14.6 Å². The van der Waals surface area contributed by atoms with E-state index in [9.17, 15) is 14.7 Å². The number of aliphatic carboxylic acids is 1. The summed E-state index contributed by atoms with van der Waals surface area (Å²) in [5.74, 6) is -0.956. The number of carbonyl (C=O) groups is 2. The maximum Gasteiger partial charge on any atom is 0.329 e. The molecule has 1 aliphatic carbocycles. The number of nitrogens with one attached hydrogen (secondary N) is 2. The summed E-state index contributed by atoms with van der Waals surface area (Å²) in [4.78, 5) is 28.6. The highest BCUT2D eigenvalue weighted by Gasteiger charge is 2.42. The first-order valence-corrected chi connectivity index (χ1v) is 7.49. The Morgan fingerprint density at radius 3 is 2.60 bits per heavy atom. The normalized spacial score (nSPS) is 18.5. The van der Waals surface area contributed by atoms with Crippen LogP contribution in [-0.4, -0.2) is 27.6 Å². The smallest absolute Gasteiger partial charge is 0.329 e. The minimum atomic E-state index is -1.11. The zero-order valence-electron chi connectivity index (χ0n) is 11.6. The van der Waals surface area contributed by atoms with Crippen LogP contribution in [0.5, 0.6) is 0 Å². The fourth-order valence-electron chi connectivity index (χ4n) is 2.46. The Kier molecular flexibility index (Phi) is 4.27. The summed E-state index contributed by atoms with van der Waals surface area (Å²) in [5.41, 5.74) is -1.11. The van der Waals surface area contributed by atoms with Crippen LogP contribution in [0, 0.1) is 6.92 Å². The second-order valence-corrected chi connectivity index (χ2v) is 6.49. The Hall–Kier alpha value is -1.63. The standard InChI is InChI=1S/C13H19N3O3S/c1-8-7-14-10(20-8)9(2)15-12(19)16-13(11(17)18)5-3-4-6-13/h7,9H,3-6H2,1-2H3,(H,17,18)(H2,15,16,19). The topological polar surface area (TPSA) is 91.3 Å². The minimum Gasteiger partial charge on any atom is -0.480 e. The zero-order valence-corrected chi connectivity index (χ0v) is 12.4. The number of nitrogens with zero attached hydrogens (tertiary/aromatic N) is 1. The largest absolute Gasteiger partial charge is 0.480 e. The summed E-state index contributed by atoms with van der Waals surface area (Å²) in [5, 5.41) is 15.5. The molecule has 2 amide bonds. The molecule has 1 fully saturated rings. The molecule has 0 bridgehead atoms. The van der Waals surface area contributed by atoms with E-state index in [-0.39, 0.29) is 6.04 Å². The molecule has 1 atom stereocenters. The fraction of sp³-hybridized carbons (Fsp3) is 0.615. The fourth-order valence-corrected chi connectivity index (χ4v) is 3.23. The Morgan fingerprint density at radius 2 is 2.10 bits per heavy atom. The monoisotopic (exact) mass is 297 g/mol. The van der Waals surface area contributed by atoms with E-state index < -0.39 is 17.5 Å². The van der Waals surface area contributed by atoms with Crippen LogP contribution in [0.3, 0.4) is 0 Å². The van der Waals surface area contributed by atoms with Crippen molar-refractivity contribution in [3.05, 3.63) is 16.1 Å². The highest BCUT2D eigenvalue weighted by Crippen LogP contribution is 2.30. The minimum absolute atomic E-state index is 0.235. The van der Waals surface area contributed by atoms with Crippen LogP contribution in [0.4, 0.5) is 4.79 Å². The van der Waals surface area contributed by atoms with Crippen molar-refractivity contribution in [3.8, 4) is 0 Å². The predicted octanol–water partition coefficient (Wildman–Crippen LogP) is 2.21. The molecule has 1 saturated carbocycles. The van der Waals surface area contributed by atoms with E-state index in [0.29, 0.717) is 12.8 Å². The molecule has 6 nitrogen and oxygen atoms in total. The first-order valence-electron chi connectivity index (χ1n) is 6.67. The molecule has 3 N–H and O–H groups in total. The van der Waals surface area contributed by atoms with Crippen molar-refractivity contribution in [2.45, 2.75) is 51.1 Å². The van der Waals surface area contributed by atoms with Crippen LogP contribution in [0.25, 0.3) is 0 Å². The Bertz CT molecular complexity index is 509. The summed E-state index contributed by atoms with van der Waals surface area (Å²) in [7, 11) is 0. The van der Waals surface area contributed by atoms with E-state index in [1.165, 1.54) is 11.3 Å². The molecule has 1 heterocycles. The second kappa shape index (κ2) is 5.78. The quantitative estimate of drug-likeness (QED) is 0.794. The van der Waals surface area contributed by atoms with Gasteiger partial charge in [0.05, 0.1) is 6.04 Å². The number of hydrogen-bond donors (Lipinski definition) is 3. The number of carboxylic acid groups (broad SMARTS) is 1. The molecule has 1 unspecified atom stereocenters. The van der Waals surface area contributed by atoms with Crippen molar-refractivity contribution in [1.29, 1.82) is 0 Å². The summed E-state index contributed by atoms with van der Waals surface area (Å²) >= 11 is 1.52. The van der Waals surface area contributed by atoms with Gasteiger partial charge in [-0.1, -0.05) is 12.8 Å². The van der Waals surface area contributed by atoms with E-state index in [1.54, 1.807) is 6.20 Å². The van der Waals surface area contributed by atoms with E-state index in [4.69, 9.17) is 0 Å². The number of thiazole rings is 1. The zero-order chi connectivity index (χ0) is 14.8. The number of carbonyl (C=O) groups excluding carboxylic acids is 1. The Labute approximate surface area is 121 Å². The Morgan fingerprint density at radius 1 is 1.45 bits per heavy atom. The first kappa shape index (κ1) is 14.8. The van der Waals surface area contributed by atoms with Crippen LogP contribution in [0.15, 0.2) is 6.20 Å². The molecule has 1 aliphatic rings. The van der Waals surface area contributed by atoms with Crippen molar-refractivity contribution in [1.82, 2.24) is 15.6 Å². The van der Waals surface area contributed by atoms with Gasteiger partial charge in [-0.3, -0.25) is 0 Å². The number of urea groups is 1. The third kappa shape index (κ3) is 3.09. The van der Waals surface area contributed by atoms with Crippen molar-refractivity contribution in [2.75, 3.05) is 0 Å². The number of aromatic nitrogens is 1. The highest BCUT2D eigenvalue weighted by atomic mass is 32.1. The van der Waals surface area contributed by atoms with Gasteiger partial charge in [0.15, 0.2) is 0 Å². The summed E-state index contributed by atoms with van der Waals surface area (Å²) in [6, 6.07) is -0.685. The molecule has 0 aliphatic heterocycles. The lowest BCUT2D eigenvalue weighted by Gasteiger charge is -2.26. The molecule has 1 aromatic heterocycles. The van der Waals surface area contributed by atoms with E-state index in [2.05, 4.69) is 15.6 Å². The predicted molar refractivity (Wildman–Crippen MR) is 75.8 cm³/mol. The van der Waals surface area contributed by atoms with Gasteiger partial charge in [0.1, 0.15) is 10.5 Å². The maximum absolute atomic E-state index is 12.0. The summed E-state index contributed by atoms with van der Waals surface area (Å²) in [6.45, 7) is 3.78. The van der Waals surface area contributed by atoms with Gasteiger partial charge in [0.2, 0.25) is 0 Å². The molecule has 2 rings (SSSR count). The molecule has 20 heavy (non-hydrogen) atoms. The van der Waals surface area contributed by atoms with Crippen LogP contribution in [0.2, 0.25) is 0 Å². The van der Waals surface area contributed by atoms with Crippen molar-refractivity contribution in [2.24, 2.45) is 0 Å². The molecule has 0 radical (unpaired) electrons. The molecule has 110 valence electrons. The average Bonchev–Trinajstić information content (AvgIpc) is 2.98. The molecule has 0 saturated heterocycles. The van der Waals surface area contributed by atoms with Gasteiger partial charge < -0.3 is 15.7 Å². The van der Waals surface area contributed by atoms with E-state index >= 15 is 0 Å². The third-order valence-electron chi connectivity index (χ3n) is 3.58. The van der Waals surface area contributed by atoms with Gasteiger partial charge in [0.25, 0.3) is 0 Å². The van der Waals surface area contributed by atoms with Crippen LogP contribution in [0.1, 0.15) is 48.5 Å². The van der Waals surface area contributed by atoms with Gasteiger partial charge >= 0.3 is 12.0 Å². The molecule has 0 spiro atoms. The van der Waals surface area contributed by atoms with E-state index in [0.717, 1.165) is 22.7 Å². The average molecular weight is 297 g/mol. The number of hydrogen-bond acceptors (Lipinski definition) is 4. The van der Waals surface area contributed by atoms with Gasteiger partial charge in [0, 0.05) is 11.1 Å². The molecular weight excluding hydrogens is 278 g/mol. The maximum atomic E-state index is 12.0. The van der Waals surface area contributed by atoms with Crippen LogP contribution >= 0.6 is 11.3 Å². The molecule has 0 aromatic carbocycles. The van der Waals surface area contributed by atoms with Crippen LogP contribution in [-0.2, 0) is 4.79 Å². The lowest BCUT2D eigenvalue weighted by molar-refractivity contribution is -0.144. The Balaban J connectivity index is 1.96. The number of carboxylic acids is 1. The van der Waals surface area contributed by atoms with Crippen molar-refractivity contribution < 1.29 is 14.7 Å². The highest BCUT2D eigenvalue weighted by molar-refractivity contribution is 7.11. The SMILES string of the molecule is Cc1cnc(C(C)NC(=O)NC2(C(=O)O)CCCC2)s1. The van der Waals surface area contributed by atoms with Crippen molar-refractivity contribution in [3.63, 3.8) is 0 Å². The first-order chi connectivity index (χ1) is 9.43. The number of aryl methyl sites for hydroxylation is 1. The summed E-state index contributed by atoms with van der Waals surface area (Å²) < 4.78 is 0. The second-order valence-electron chi connectivity index (χ2n) is 5.22. The molecule has 7 heteroatoms. The number of rotatable bonds is 4. The third-order valence-corrected chi connectivity index (χ3v) is 4.67. The van der Waals surface area contributed by atoms with Gasteiger partial charge in [-0.15, -0.1) is 11.3 Å². The molecule has 1 aromatic rings. The van der Waals surface area contributed by atoms with Gasteiger partial charge in [-0.05, 0) is 26.7 Å². The number of amides is 2. The lowest BCUT2D eigenvalue weighted by atomic mass is 9.98. The summed E-state index contributed by atoms with van der Waals surface area (Å²) in [6.07, 6.45) is 4.38. The van der Waals surface area contributed by atoms with Crippen molar-refractivity contribution >= 4 is 23.3 Å². The molecular formula is C13H19N3O3S. The van der Waals surface area contributed by atoms with Gasteiger partial charge in [-0.2, -0.15) is 0 Å².